The fourth-order valence-corrected chi connectivity index (χ4v) is 7.07. The van der Waals surface area contributed by atoms with Gasteiger partial charge in [-0.2, -0.15) is 0 Å². The number of hydrogen-bond donors (Lipinski definition) is 3. The average molecular weight is 640 g/mol. The molecule has 4 rings (SSSR count). The van der Waals surface area contributed by atoms with Gasteiger partial charge in [-0.05, 0) is 61.4 Å². The molecule has 1 heterocycles. The largest absolute Gasteiger partial charge is 0.497 e. The number of carbonyl (C=O) groups is 1. The lowest BCUT2D eigenvalue weighted by atomic mass is 9.83. The molecule has 4 atom stereocenters. The Hall–Kier alpha value is -2.69. The van der Waals surface area contributed by atoms with Crippen molar-refractivity contribution in [3.05, 3.63) is 59.7 Å². The van der Waals surface area contributed by atoms with Crippen LogP contribution in [0, 0.1) is 11.8 Å². The van der Waals surface area contributed by atoms with Crippen LogP contribution in [-0.2, 0) is 20.8 Å². The molecule has 2 aromatic rings. The van der Waals surface area contributed by atoms with Crippen molar-refractivity contribution in [3.63, 3.8) is 0 Å². The molecule has 0 spiro atoms. The van der Waals surface area contributed by atoms with E-state index < -0.39 is 6.10 Å². The molecule has 3 N–H and O–H groups in total. The summed E-state index contributed by atoms with van der Waals surface area (Å²) in [5, 5.41) is 18.0. The van der Waals surface area contributed by atoms with Crippen molar-refractivity contribution in [2.75, 3.05) is 60.7 Å². The molecule has 9 heteroatoms. The molecular weight excluding hydrogens is 582 g/mol. The Bertz CT molecular complexity index is 1120. The van der Waals surface area contributed by atoms with Crippen LogP contribution in [0.3, 0.4) is 0 Å². The van der Waals surface area contributed by atoms with Gasteiger partial charge in [0.15, 0.2) is 0 Å². The van der Waals surface area contributed by atoms with Gasteiger partial charge >= 0.3 is 0 Å². The zero-order chi connectivity index (χ0) is 32.6. The van der Waals surface area contributed by atoms with Crippen molar-refractivity contribution < 1.29 is 28.8 Å². The fourth-order valence-electron chi connectivity index (χ4n) is 7.07. The lowest BCUT2D eigenvalue weighted by molar-refractivity contribution is -0.125. The molecule has 2 aromatic carbocycles. The quantitative estimate of drug-likeness (QED) is 0.182. The molecule has 1 amide bonds. The number of amides is 1. The van der Waals surface area contributed by atoms with Gasteiger partial charge in [-0.15, -0.1) is 0 Å². The van der Waals surface area contributed by atoms with Crippen LogP contribution in [0.2, 0.25) is 0 Å². The molecule has 1 aliphatic carbocycles. The van der Waals surface area contributed by atoms with E-state index in [1.54, 1.807) is 21.3 Å². The Morgan fingerprint density at radius 1 is 0.957 bits per heavy atom. The second-order valence-corrected chi connectivity index (χ2v) is 13.0. The number of hydrogen-bond acceptors (Lipinski definition) is 8. The molecule has 0 radical (unpaired) electrons. The second kappa shape index (κ2) is 19.9. The van der Waals surface area contributed by atoms with Crippen molar-refractivity contribution in [1.29, 1.82) is 0 Å². The molecule has 9 nitrogen and oxygen atoms in total. The Morgan fingerprint density at radius 3 is 2.39 bits per heavy atom. The number of rotatable bonds is 19. The summed E-state index contributed by atoms with van der Waals surface area (Å²) in [5.41, 5.74) is 2.19. The first-order valence-electron chi connectivity index (χ1n) is 17.3. The average Bonchev–Trinajstić information content (AvgIpc) is 3.08. The summed E-state index contributed by atoms with van der Waals surface area (Å²) in [7, 11) is 4.99. The minimum Gasteiger partial charge on any atom is -0.497 e. The standard InChI is InChI=1S/C37H57N3O6/c1-43-18-11-19-46-37(30-14-8-5-9-15-30)31-16-10-17-40(26-31)27-36(42)39-34(22-28-12-6-4-7-13-28)35(41)25-38-24-29-20-32(44-2)23-33(21-29)45-3/h5,8-9,14-15,20-21,23,28,31,34-35,37-38,41H,4,6-7,10-13,16-19,22,24-27H2,1-3H3,(H,39,42)/t31?,34-,35+,37?/m0/s1. The highest BCUT2D eigenvalue weighted by molar-refractivity contribution is 5.78. The summed E-state index contributed by atoms with van der Waals surface area (Å²) in [6.45, 7) is 4.27. The van der Waals surface area contributed by atoms with E-state index in [1.807, 2.05) is 24.3 Å². The maximum Gasteiger partial charge on any atom is 0.234 e. The number of nitrogens with one attached hydrogen (secondary N) is 2. The third kappa shape index (κ3) is 11.8. The Morgan fingerprint density at radius 2 is 1.70 bits per heavy atom. The number of nitrogens with zero attached hydrogens (tertiary/aromatic N) is 1. The molecular formula is C37H57N3O6. The van der Waals surface area contributed by atoms with Crippen LogP contribution in [0.15, 0.2) is 48.5 Å². The monoisotopic (exact) mass is 639 g/mol. The number of piperidine rings is 1. The molecule has 256 valence electrons. The molecule has 46 heavy (non-hydrogen) atoms. The highest BCUT2D eigenvalue weighted by Crippen LogP contribution is 2.33. The predicted molar refractivity (Wildman–Crippen MR) is 181 cm³/mol. The van der Waals surface area contributed by atoms with Crippen molar-refractivity contribution >= 4 is 5.91 Å². The first-order valence-corrected chi connectivity index (χ1v) is 17.3. The summed E-state index contributed by atoms with van der Waals surface area (Å²) in [6.07, 6.45) is 9.08. The maximum atomic E-state index is 13.5. The summed E-state index contributed by atoms with van der Waals surface area (Å²) < 4.78 is 22.5. The van der Waals surface area contributed by atoms with Gasteiger partial charge in [0.05, 0.1) is 39.0 Å². The van der Waals surface area contributed by atoms with Gasteiger partial charge in [0.2, 0.25) is 5.91 Å². The molecule has 2 fully saturated rings. The number of ether oxygens (including phenoxy) is 4. The van der Waals surface area contributed by atoms with Crippen molar-refractivity contribution in [1.82, 2.24) is 15.5 Å². The zero-order valence-corrected chi connectivity index (χ0v) is 28.3. The molecule has 2 unspecified atom stereocenters. The molecule has 1 saturated carbocycles. The summed E-state index contributed by atoms with van der Waals surface area (Å²) >= 11 is 0. The number of carbonyl (C=O) groups excluding carboxylic acids is 1. The molecule has 2 aliphatic rings. The van der Waals surface area contributed by atoms with E-state index in [2.05, 4.69) is 39.8 Å². The van der Waals surface area contributed by atoms with Crippen molar-refractivity contribution in [2.45, 2.75) is 82.6 Å². The first-order chi connectivity index (χ1) is 22.5. The molecule has 0 aromatic heterocycles. The van der Waals surface area contributed by atoms with Crippen LogP contribution >= 0.6 is 0 Å². The van der Waals surface area contributed by atoms with E-state index in [0.29, 0.717) is 44.7 Å². The smallest absolute Gasteiger partial charge is 0.234 e. The normalized spacial score (nSPS) is 19.7. The number of benzene rings is 2. The van der Waals surface area contributed by atoms with Gasteiger partial charge in [0.1, 0.15) is 11.5 Å². The van der Waals surface area contributed by atoms with E-state index in [4.69, 9.17) is 18.9 Å². The fraction of sp³-hybridized carbons (Fsp3) is 0.649. The number of methoxy groups -OCH3 is 3. The lowest BCUT2D eigenvalue weighted by Gasteiger charge is -2.37. The van der Waals surface area contributed by atoms with Crippen LogP contribution in [0.4, 0.5) is 0 Å². The molecule has 0 bridgehead atoms. The van der Waals surface area contributed by atoms with Gasteiger partial charge in [0.25, 0.3) is 0 Å². The third-order valence-corrected chi connectivity index (χ3v) is 9.47. The van der Waals surface area contributed by atoms with Gasteiger partial charge in [-0.1, -0.05) is 62.4 Å². The molecule has 1 aliphatic heterocycles. The van der Waals surface area contributed by atoms with E-state index in [9.17, 15) is 9.90 Å². The Balaban J connectivity index is 1.34. The van der Waals surface area contributed by atoms with Crippen LogP contribution in [0.25, 0.3) is 0 Å². The van der Waals surface area contributed by atoms with Crippen LogP contribution < -0.4 is 20.1 Å². The third-order valence-electron chi connectivity index (χ3n) is 9.47. The van der Waals surface area contributed by atoms with Gasteiger partial charge in [-0.25, -0.2) is 0 Å². The molecule has 1 saturated heterocycles. The number of likely N-dealkylation sites (tertiary alicyclic amines) is 1. The maximum absolute atomic E-state index is 13.5. The van der Waals surface area contributed by atoms with E-state index in [-0.39, 0.29) is 18.1 Å². The van der Waals surface area contributed by atoms with Crippen LogP contribution in [0.1, 0.15) is 75.0 Å². The van der Waals surface area contributed by atoms with E-state index >= 15 is 0 Å². The minimum absolute atomic E-state index is 0.0135. The Kier molecular flexibility index (Phi) is 15.6. The van der Waals surface area contributed by atoms with Crippen LogP contribution in [-0.4, -0.2) is 88.8 Å². The Labute approximate surface area is 276 Å². The summed E-state index contributed by atoms with van der Waals surface area (Å²) in [5.74, 6) is 2.26. The van der Waals surface area contributed by atoms with Crippen molar-refractivity contribution in [2.24, 2.45) is 11.8 Å². The lowest BCUT2D eigenvalue weighted by Crippen LogP contribution is -2.52. The van der Waals surface area contributed by atoms with Gasteiger partial charge < -0.3 is 34.7 Å². The topological polar surface area (TPSA) is 102 Å². The highest BCUT2D eigenvalue weighted by Gasteiger charge is 2.31. The van der Waals surface area contributed by atoms with Crippen molar-refractivity contribution in [3.8, 4) is 11.5 Å². The van der Waals surface area contributed by atoms with Crippen LogP contribution in [0.5, 0.6) is 11.5 Å². The van der Waals surface area contributed by atoms with E-state index in [1.165, 1.54) is 24.8 Å². The summed E-state index contributed by atoms with van der Waals surface area (Å²) in [6, 6.07) is 15.9. The SMILES string of the molecule is COCCCOC(c1ccccc1)C1CCCN(CC(=O)N[C@@H](CC2CCCCC2)[C@H](O)CNCc2cc(OC)cc(OC)c2)C1. The van der Waals surface area contributed by atoms with Gasteiger partial charge in [0, 0.05) is 51.9 Å². The minimum atomic E-state index is -0.699. The number of aliphatic hydroxyl groups is 1. The number of aliphatic hydroxyl groups excluding tert-OH is 1. The summed E-state index contributed by atoms with van der Waals surface area (Å²) in [4.78, 5) is 15.8. The highest BCUT2D eigenvalue weighted by atomic mass is 16.5. The zero-order valence-electron chi connectivity index (χ0n) is 28.3. The van der Waals surface area contributed by atoms with Gasteiger partial charge in [-0.3, -0.25) is 9.69 Å². The second-order valence-electron chi connectivity index (χ2n) is 13.0. The predicted octanol–water partition coefficient (Wildman–Crippen LogP) is 5.12. The first kappa shape index (κ1) is 36.2. The van der Waals surface area contributed by atoms with E-state index in [0.717, 1.165) is 68.7 Å².